The number of hydrogen-bond acceptors (Lipinski definition) is 3. The maximum absolute atomic E-state index is 13.9. The van der Waals surface area contributed by atoms with Crippen LogP contribution in [-0.2, 0) is 6.54 Å². The van der Waals surface area contributed by atoms with E-state index in [1.165, 1.54) is 17.7 Å². The van der Waals surface area contributed by atoms with Crippen LogP contribution < -0.4 is 15.4 Å². The first-order valence-corrected chi connectivity index (χ1v) is 11.0. The minimum atomic E-state index is -0.257. The molecule has 0 unspecified atom stereocenters. The van der Waals surface area contributed by atoms with Crippen LogP contribution in [0.5, 0.6) is 5.75 Å². The maximum Gasteiger partial charge on any atom is 0.128 e. The number of allylic oxidation sites excluding steroid dienone is 1. The number of nitrogens with one attached hydrogen (secondary N) is 2. The fourth-order valence-corrected chi connectivity index (χ4v) is 4.65. The molecule has 0 aliphatic carbocycles. The summed E-state index contributed by atoms with van der Waals surface area (Å²) in [4.78, 5) is 0. The van der Waals surface area contributed by atoms with Crippen LogP contribution in [0.15, 0.2) is 54.6 Å². The molecule has 0 saturated heterocycles. The Bertz CT molecular complexity index is 1220. The van der Waals surface area contributed by atoms with Crippen LogP contribution in [0.25, 0.3) is 16.7 Å². The molecule has 3 nitrogen and oxygen atoms in total. The Morgan fingerprint density at radius 3 is 2.53 bits per heavy atom. The van der Waals surface area contributed by atoms with Crippen LogP contribution in [0.3, 0.4) is 0 Å². The summed E-state index contributed by atoms with van der Waals surface area (Å²) in [6, 6.07) is 14.7. The lowest BCUT2D eigenvalue weighted by Gasteiger charge is -2.33. The van der Waals surface area contributed by atoms with Gasteiger partial charge in [-0.3, -0.25) is 0 Å². The minimum absolute atomic E-state index is 0.138. The van der Waals surface area contributed by atoms with Crippen molar-refractivity contribution in [2.45, 2.75) is 39.8 Å². The lowest BCUT2D eigenvalue weighted by molar-refractivity contribution is 0.416. The van der Waals surface area contributed by atoms with E-state index in [0.29, 0.717) is 17.3 Å². The molecule has 0 fully saturated rings. The first kappa shape index (κ1) is 22.2. The van der Waals surface area contributed by atoms with E-state index in [9.17, 15) is 4.39 Å². The molecule has 0 amide bonds. The van der Waals surface area contributed by atoms with Gasteiger partial charge in [0.15, 0.2) is 0 Å². The number of ether oxygens (including phenoxy) is 1. The summed E-state index contributed by atoms with van der Waals surface area (Å²) in [6.45, 7) is 8.96. The van der Waals surface area contributed by atoms with Gasteiger partial charge in [0, 0.05) is 34.1 Å². The summed E-state index contributed by atoms with van der Waals surface area (Å²) >= 11 is 6.22. The summed E-state index contributed by atoms with van der Waals surface area (Å²) < 4.78 is 19.5. The second kappa shape index (κ2) is 8.51. The molecular formula is C27H28ClFN2O. The number of benzene rings is 3. The van der Waals surface area contributed by atoms with E-state index >= 15 is 0 Å². The molecule has 3 aromatic rings. The van der Waals surface area contributed by atoms with Crippen LogP contribution in [0.1, 0.15) is 37.5 Å². The van der Waals surface area contributed by atoms with Crippen LogP contribution in [0.4, 0.5) is 15.8 Å². The molecule has 2 N–H and O–H groups in total. The molecule has 1 heterocycles. The summed E-state index contributed by atoms with van der Waals surface area (Å²) in [7, 11) is 1.65. The zero-order chi connectivity index (χ0) is 23.0. The van der Waals surface area contributed by atoms with E-state index in [0.717, 1.165) is 39.2 Å². The Morgan fingerprint density at radius 2 is 1.78 bits per heavy atom. The monoisotopic (exact) mass is 450 g/mol. The summed E-state index contributed by atoms with van der Waals surface area (Å²) in [6.07, 6.45) is 2.25. The van der Waals surface area contributed by atoms with Crippen molar-refractivity contribution in [3.63, 3.8) is 0 Å². The van der Waals surface area contributed by atoms with Gasteiger partial charge in [-0.1, -0.05) is 29.8 Å². The van der Waals surface area contributed by atoms with Crippen molar-refractivity contribution in [1.29, 1.82) is 0 Å². The van der Waals surface area contributed by atoms with Crippen molar-refractivity contribution in [1.82, 2.24) is 0 Å². The Labute approximate surface area is 194 Å². The third kappa shape index (κ3) is 4.33. The molecule has 0 saturated carbocycles. The van der Waals surface area contributed by atoms with Gasteiger partial charge in [-0.15, -0.1) is 0 Å². The molecule has 166 valence electrons. The molecule has 4 rings (SSSR count). The number of fused-ring (bicyclic) bond motifs is 1. The lowest BCUT2D eigenvalue weighted by Crippen LogP contribution is -2.32. The SMILES string of the molecule is COc1cc(Cl)ccc1-c1ccc2c(c1CNc1cc(F)ccc1C)C(C)=CC(C)(C)N2. The highest BCUT2D eigenvalue weighted by molar-refractivity contribution is 6.30. The van der Waals surface area contributed by atoms with Gasteiger partial charge in [0.1, 0.15) is 11.6 Å². The van der Waals surface area contributed by atoms with Crippen molar-refractivity contribution in [2.24, 2.45) is 0 Å². The Hall–Kier alpha value is -2.98. The van der Waals surface area contributed by atoms with Crippen LogP contribution in [0.2, 0.25) is 5.02 Å². The molecule has 3 aromatic carbocycles. The van der Waals surface area contributed by atoms with Gasteiger partial charge in [0.2, 0.25) is 0 Å². The van der Waals surface area contributed by atoms with Gasteiger partial charge in [0.25, 0.3) is 0 Å². The van der Waals surface area contributed by atoms with Crippen molar-refractivity contribution in [3.8, 4) is 16.9 Å². The van der Waals surface area contributed by atoms with E-state index < -0.39 is 0 Å². The van der Waals surface area contributed by atoms with Crippen molar-refractivity contribution in [3.05, 3.63) is 82.1 Å². The molecule has 5 heteroatoms. The van der Waals surface area contributed by atoms with Gasteiger partial charge in [0.05, 0.1) is 12.6 Å². The standard InChI is InChI=1S/C27H28ClFN2O/c1-16-6-8-19(29)13-24(16)30-15-22-20(21-9-7-18(28)12-25(21)32-5)10-11-23-26(22)17(2)14-27(3,4)31-23/h6-14,30-31H,15H2,1-5H3. The number of methoxy groups -OCH3 is 1. The highest BCUT2D eigenvalue weighted by Gasteiger charge is 2.26. The number of hydrogen-bond donors (Lipinski definition) is 2. The molecular weight excluding hydrogens is 423 g/mol. The third-order valence-electron chi connectivity index (χ3n) is 5.85. The minimum Gasteiger partial charge on any atom is -0.496 e. The predicted octanol–water partition coefficient (Wildman–Crippen LogP) is 7.68. The Balaban J connectivity index is 1.88. The lowest BCUT2D eigenvalue weighted by atomic mass is 9.85. The first-order chi connectivity index (χ1) is 15.2. The van der Waals surface area contributed by atoms with Crippen LogP contribution in [-0.4, -0.2) is 12.6 Å². The van der Waals surface area contributed by atoms with Crippen molar-refractivity contribution >= 4 is 28.5 Å². The zero-order valence-corrected chi connectivity index (χ0v) is 19.8. The summed E-state index contributed by atoms with van der Waals surface area (Å²) in [5, 5.41) is 7.71. The molecule has 1 aliphatic heterocycles. The van der Waals surface area contributed by atoms with Crippen molar-refractivity contribution in [2.75, 3.05) is 17.7 Å². The number of anilines is 2. The summed E-state index contributed by atoms with van der Waals surface area (Å²) in [5.74, 6) is 0.457. The Morgan fingerprint density at radius 1 is 1.03 bits per heavy atom. The largest absolute Gasteiger partial charge is 0.496 e. The number of halogens is 2. The van der Waals surface area contributed by atoms with Crippen LogP contribution >= 0.6 is 11.6 Å². The fourth-order valence-electron chi connectivity index (χ4n) is 4.49. The molecule has 0 aromatic heterocycles. The van der Waals surface area contributed by atoms with E-state index in [1.807, 2.05) is 25.1 Å². The topological polar surface area (TPSA) is 33.3 Å². The Kier molecular flexibility index (Phi) is 5.91. The molecule has 0 atom stereocenters. The summed E-state index contributed by atoms with van der Waals surface area (Å²) in [5.41, 5.74) is 8.20. The van der Waals surface area contributed by atoms with Gasteiger partial charge < -0.3 is 15.4 Å². The number of aryl methyl sites for hydroxylation is 1. The predicted molar refractivity (Wildman–Crippen MR) is 133 cm³/mol. The molecule has 0 bridgehead atoms. The third-order valence-corrected chi connectivity index (χ3v) is 6.09. The second-order valence-electron chi connectivity index (χ2n) is 8.85. The van der Waals surface area contributed by atoms with Crippen LogP contribution in [0, 0.1) is 12.7 Å². The number of rotatable bonds is 5. The molecule has 0 radical (unpaired) electrons. The molecule has 32 heavy (non-hydrogen) atoms. The van der Waals surface area contributed by atoms with Crippen molar-refractivity contribution < 1.29 is 9.13 Å². The van der Waals surface area contributed by atoms with Gasteiger partial charge in [-0.05, 0) is 86.4 Å². The average Bonchev–Trinajstić information content (AvgIpc) is 2.73. The highest BCUT2D eigenvalue weighted by Crippen LogP contribution is 2.43. The van der Waals surface area contributed by atoms with Gasteiger partial charge in [-0.25, -0.2) is 4.39 Å². The van der Waals surface area contributed by atoms with E-state index in [4.69, 9.17) is 16.3 Å². The van der Waals surface area contributed by atoms with Gasteiger partial charge >= 0.3 is 0 Å². The fraction of sp³-hybridized carbons (Fsp3) is 0.259. The zero-order valence-electron chi connectivity index (χ0n) is 19.1. The highest BCUT2D eigenvalue weighted by atomic mass is 35.5. The quantitative estimate of drug-likeness (QED) is 0.418. The molecule has 1 aliphatic rings. The molecule has 0 spiro atoms. The van der Waals surface area contributed by atoms with E-state index in [-0.39, 0.29) is 11.4 Å². The maximum atomic E-state index is 13.9. The van der Waals surface area contributed by atoms with E-state index in [1.54, 1.807) is 13.2 Å². The van der Waals surface area contributed by atoms with E-state index in [2.05, 4.69) is 49.6 Å². The second-order valence-corrected chi connectivity index (χ2v) is 9.28. The smallest absolute Gasteiger partial charge is 0.128 e. The normalized spacial score (nSPS) is 14.3. The first-order valence-electron chi connectivity index (χ1n) is 10.7. The van der Waals surface area contributed by atoms with Gasteiger partial charge in [-0.2, -0.15) is 0 Å². The average molecular weight is 451 g/mol.